The van der Waals surface area contributed by atoms with Gasteiger partial charge in [0.2, 0.25) is 0 Å². The van der Waals surface area contributed by atoms with Gasteiger partial charge >= 0.3 is 0 Å². The molecule has 2 aromatic rings. The number of benzene rings is 2. The third-order valence-electron chi connectivity index (χ3n) is 3.30. The quantitative estimate of drug-likeness (QED) is 0.861. The Morgan fingerprint density at radius 3 is 2.17 bits per heavy atom. The number of carbonyl (C=O) groups is 2. The molecule has 0 spiro atoms. The molecule has 2 aromatic carbocycles. The fourth-order valence-corrected chi connectivity index (χ4v) is 2.06. The van der Waals surface area contributed by atoms with Crippen LogP contribution in [0.2, 0.25) is 0 Å². The number of anilines is 1. The molecule has 5 heteroatoms. The molecule has 0 radical (unpaired) electrons. The predicted octanol–water partition coefficient (Wildman–Crippen LogP) is 3.09. The molecule has 0 heterocycles. The van der Waals surface area contributed by atoms with Gasteiger partial charge in [-0.3, -0.25) is 9.59 Å². The first kappa shape index (κ1) is 16.5. The molecule has 5 nitrogen and oxygen atoms in total. The summed E-state index contributed by atoms with van der Waals surface area (Å²) in [5.41, 5.74) is 1.61. The summed E-state index contributed by atoms with van der Waals surface area (Å²) in [6.07, 6.45) is 0.880. The van der Waals surface area contributed by atoms with Gasteiger partial charge in [0.25, 0.3) is 11.8 Å². The number of rotatable bonds is 6. The molecule has 0 aliphatic carbocycles. The van der Waals surface area contributed by atoms with Gasteiger partial charge in [-0.1, -0.05) is 19.1 Å². The zero-order valence-corrected chi connectivity index (χ0v) is 13.3. The number of methoxy groups -OCH3 is 1. The van der Waals surface area contributed by atoms with Crippen molar-refractivity contribution in [1.82, 2.24) is 5.32 Å². The summed E-state index contributed by atoms with van der Waals surface area (Å²) >= 11 is 0. The number of para-hydroxylation sites is 2. The topological polar surface area (TPSA) is 67.4 Å². The molecular formula is C18H20N2O3. The number of nitrogens with one attached hydrogen (secondary N) is 2. The summed E-state index contributed by atoms with van der Waals surface area (Å²) in [4.78, 5) is 24.1. The van der Waals surface area contributed by atoms with E-state index in [0.717, 1.165) is 6.42 Å². The van der Waals surface area contributed by atoms with Crippen molar-refractivity contribution in [3.63, 3.8) is 0 Å². The molecule has 0 bridgehead atoms. The third-order valence-corrected chi connectivity index (χ3v) is 3.30. The Morgan fingerprint density at radius 1 is 0.957 bits per heavy atom. The smallest absolute Gasteiger partial charge is 0.255 e. The van der Waals surface area contributed by atoms with Crippen LogP contribution in [-0.4, -0.2) is 25.5 Å². The molecule has 0 aliphatic heterocycles. The number of hydrogen-bond donors (Lipinski definition) is 2. The van der Waals surface area contributed by atoms with E-state index in [1.54, 1.807) is 43.5 Å². The lowest BCUT2D eigenvalue weighted by Crippen LogP contribution is -2.24. The molecular weight excluding hydrogens is 292 g/mol. The second kappa shape index (κ2) is 7.98. The Bertz CT molecular complexity index is 681. The first-order valence-electron chi connectivity index (χ1n) is 7.48. The Labute approximate surface area is 135 Å². The monoisotopic (exact) mass is 312 g/mol. The molecule has 0 aliphatic rings. The number of amides is 2. The van der Waals surface area contributed by atoms with E-state index in [0.29, 0.717) is 29.1 Å². The maximum absolute atomic E-state index is 12.3. The highest BCUT2D eigenvalue weighted by Crippen LogP contribution is 2.23. The van der Waals surface area contributed by atoms with E-state index in [9.17, 15) is 9.59 Å². The van der Waals surface area contributed by atoms with Crippen molar-refractivity contribution in [3.8, 4) is 5.75 Å². The van der Waals surface area contributed by atoms with Crippen LogP contribution in [0, 0.1) is 0 Å². The molecule has 0 fully saturated rings. The van der Waals surface area contributed by atoms with Crippen molar-refractivity contribution >= 4 is 17.5 Å². The minimum absolute atomic E-state index is 0.136. The molecule has 23 heavy (non-hydrogen) atoms. The van der Waals surface area contributed by atoms with Gasteiger partial charge in [-0.05, 0) is 42.8 Å². The van der Waals surface area contributed by atoms with Gasteiger partial charge in [-0.15, -0.1) is 0 Å². The molecule has 120 valence electrons. The lowest BCUT2D eigenvalue weighted by Gasteiger charge is -2.10. The number of ether oxygens (including phenoxy) is 1. The number of hydrogen-bond acceptors (Lipinski definition) is 3. The van der Waals surface area contributed by atoms with Crippen molar-refractivity contribution in [2.75, 3.05) is 19.0 Å². The molecule has 0 aromatic heterocycles. The standard InChI is InChI=1S/C18H20N2O3/c1-3-12-19-17(21)13-8-10-14(11-9-13)18(22)20-15-6-4-5-7-16(15)23-2/h4-11H,3,12H2,1-2H3,(H,19,21)(H,20,22). The van der Waals surface area contributed by atoms with Crippen LogP contribution in [0.4, 0.5) is 5.69 Å². The zero-order valence-electron chi connectivity index (χ0n) is 13.3. The van der Waals surface area contributed by atoms with Gasteiger partial charge < -0.3 is 15.4 Å². The summed E-state index contributed by atoms with van der Waals surface area (Å²) in [5, 5.41) is 5.59. The van der Waals surface area contributed by atoms with Crippen LogP contribution in [0.25, 0.3) is 0 Å². The average Bonchev–Trinajstić information content (AvgIpc) is 2.60. The molecule has 0 atom stereocenters. The van der Waals surface area contributed by atoms with Gasteiger partial charge in [0.05, 0.1) is 12.8 Å². The fraction of sp³-hybridized carbons (Fsp3) is 0.222. The predicted molar refractivity (Wildman–Crippen MR) is 90.0 cm³/mol. The van der Waals surface area contributed by atoms with E-state index >= 15 is 0 Å². The highest BCUT2D eigenvalue weighted by molar-refractivity contribution is 6.05. The van der Waals surface area contributed by atoms with Gasteiger partial charge in [-0.2, -0.15) is 0 Å². The molecule has 2 rings (SSSR count). The summed E-state index contributed by atoms with van der Waals surface area (Å²) in [5.74, 6) is 0.204. The SMILES string of the molecule is CCCNC(=O)c1ccc(C(=O)Nc2ccccc2OC)cc1. The van der Waals surface area contributed by atoms with Crippen molar-refractivity contribution in [2.45, 2.75) is 13.3 Å². The minimum atomic E-state index is -0.255. The van der Waals surface area contributed by atoms with Crippen LogP contribution >= 0.6 is 0 Å². The fourth-order valence-electron chi connectivity index (χ4n) is 2.06. The van der Waals surface area contributed by atoms with Crippen LogP contribution in [0.3, 0.4) is 0 Å². The van der Waals surface area contributed by atoms with Crippen LogP contribution in [0.15, 0.2) is 48.5 Å². The lowest BCUT2D eigenvalue weighted by molar-refractivity contribution is 0.0951. The van der Waals surface area contributed by atoms with Crippen molar-refractivity contribution in [2.24, 2.45) is 0 Å². The zero-order chi connectivity index (χ0) is 16.7. The third kappa shape index (κ3) is 4.32. The van der Waals surface area contributed by atoms with E-state index in [4.69, 9.17) is 4.74 Å². The Hall–Kier alpha value is -2.82. The second-order valence-corrected chi connectivity index (χ2v) is 4.99. The van der Waals surface area contributed by atoms with Gasteiger partial charge in [-0.25, -0.2) is 0 Å². The highest BCUT2D eigenvalue weighted by Gasteiger charge is 2.10. The largest absolute Gasteiger partial charge is 0.495 e. The lowest BCUT2D eigenvalue weighted by atomic mass is 10.1. The average molecular weight is 312 g/mol. The van der Waals surface area contributed by atoms with Gasteiger partial charge in [0.15, 0.2) is 0 Å². The second-order valence-electron chi connectivity index (χ2n) is 4.99. The van der Waals surface area contributed by atoms with E-state index in [1.807, 2.05) is 19.1 Å². The summed E-state index contributed by atoms with van der Waals surface area (Å²) in [6.45, 7) is 2.63. The molecule has 2 N–H and O–H groups in total. The van der Waals surface area contributed by atoms with E-state index in [1.165, 1.54) is 0 Å². The molecule has 0 saturated heterocycles. The van der Waals surface area contributed by atoms with Gasteiger partial charge in [0, 0.05) is 17.7 Å². The van der Waals surface area contributed by atoms with Gasteiger partial charge in [0.1, 0.15) is 5.75 Å². The summed E-state index contributed by atoms with van der Waals surface area (Å²) < 4.78 is 5.20. The maximum Gasteiger partial charge on any atom is 0.255 e. The molecule has 0 unspecified atom stereocenters. The Balaban J connectivity index is 2.07. The molecule has 0 saturated carbocycles. The summed E-state index contributed by atoms with van der Waals surface area (Å²) in [7, 11) is 1.55. The van der Waals surface area contributed by atoms with Crippen molar-refractivity contribution < 1.29 is 14.3 Å². The van der Waals surface area contributed by atoms with E-state index < -0.39 is 0 Å². The van der Waals surface area contributed by atoms with E-state index in [-0.39, 0.29) is 11.8 Å². The van der Waals surface area contributed by atoms with Crippen LogP contribution < -0.4 is 15.4 Å². The normalized spacial score (nSPS) is 10.0. The van der Waals surface area contributed by atoms with Crippen molar-refractivity contribution in [1.29, 1.82) is 0 Å². The summed E-state index contributed by atoms with van der Waals surface area (Å²) in [6, 6.07) is 13.7. The van der Waals surface area contributed by atoms with Crippen molar-refractivity contribution in [3.05, 3.63) is 59.7 Å². The first-order valence-corrected chi connectivity index (χ1v) is 7.48. The maximum atomic E-state index is 12.3. The van der Waals surface area contributed by atoms with Crippen LogP contribution in [-0.2, 0) is 0 Å². The van der Waals surface area contributed by atoms with Crippen LogP contribution in [0.1, 0.15) is 34.1 Å². The van der Waals surface area contributed by atoms with E-state index in [2.05, 4.69) is 10.6 Å². The van der Waals surface area contributed by atoms with Crippen LogP contribution in [0.5, 0.6) is 5.75 Å². The molecule has 2 amide bonds. The number of carbonyl (C=O) groups excluding carboxylic acids is 2. The first-order chi connectivity index (χ1) is 11.2. The Kier molecular flexibility index (Phi) is 5.74. The minimum Gasteiger partial charge on any atom is -0.495 e. The highest BCUT2D eigenvalue weighted by atomic mass is 16.5. The Morgan fingerprint density at radius 2 is 1.57 bits per heavy atom.